The second-order valence-electron chi connectivity index (χ2n) is 6.21. The molecule has 3 N–H and O–H groups in total. The average Bonchev–Trinajstić information content (AvgIpc) is 2.50. The Morgan fingerprint density at radius 3 is 2.20 bits per heavy atom. The molecule has 0 spiro atoms. The minimum atomic E-state index is -3.88. The molecular formula is C16H23ClN2O5S. The number of nitrogens with one attached hydrogen (secondary N) is 2. The van der Waals surface area contributed by atoms with E-state index in [1.54, 1.807) is 0 Å². The van der Waals surface area contributed by atoms with Crippen LogP contribution < -0.4 is 10.0 Å². The smallest absolute Gasteiger partial charge is 0.308 e. The molecule has 140 valence electrons. The van der Waals surface area contributed by atoms with Crippen LogP contribution in [0.4, 0.5) is 0 Å². The van der Waals surface area contributed by atoms with E-state index in [1.165, 1.54) is 31.2 Å². The van der Waals surface area contributed by atoms with Gasteiger partial charge in [0.15, 0.2) is 0 Å². The molecule has 0 heterocycles. The summed E-state index contributed by atoms with van der Waals surface area (Å²) in [5.74, 6) is -2.14. The molecule has 7 nitrogen and oxygen atoms in total. The Hall–Kier alpha value is -1.64. The van der Waals surface area contributed by atoms with Crippen LogP contribution in [0.25, 0.3) is 0 Å². The maximum absolute atomic E-state index is 12.2. The summed E-state index contributed by atoms with van der Waals surface area (Å²) in [7, 11) is -3.88. The van der Waals surface area contributed by atoms with Crippen LogP contribution in [0.5, 0.6) is 0 Å². The highest BCUT2D eigenvalue weighted by atomic mass is 35.5. The van der Waals surface area contributed by atoms with E-state index in [0.29, 0.717) is 11.4 Å². The summed E-state index contributed by atoms with van der Waals surface area (Å²) in [6.45, 7) is 5.11. The van der Waals surface area contributed by atoms with Crippen molar-refractivity contribution in [1.82, 2.24) is 10.0 Å². The maximum Gasteiger partial charge on any atom is 0.308 e. The van der Waals surface area contributed by atoms with E-state index >= 15 is 0 Å². The molecule has 1 aromatic carbocycles. The molecule has 2 unspecified atom stereocenters. The lowest BCUT2D eigenvalue weighted by Gasteiger charge is -2.18. The minimum absolute atomic E-state index is 0.0141. The van der Waals surface area contributed by atoms with E-state index < -0.39 is 33.9 Å². The predicted octanol–water partition coefficient (Wildman–Crippen LogP) is 1.87. The third kappa shape index (κ3) is 7.01. The molecular weight excluding hydrogens is 368 g/mol. The standard InChI is InChI=1S/C16H23ClN2O5S/c1-10(2)8-12(16(21)22)9-18-15(20)11(3)19-25(23,24)14-6-4-13(17)5-7-14/h4-7,10-12,19H,8-9H2,1-3H3,(H,18,20)(H,21,22). The zero-order valence-electron chi connectivity index (χ0n) is 14.3. The van der Waals surface area contributed by atoms with Gasteiger partial charge in [-0.2, -0.15) is 4.72 Å². The molecule has 0 saturated heterocycles. The molecule has 0 bridgehead atoms. The first kappa shape index (κ1) is 21.4. The Balaban J connectivity index is 2.66. The topological polar surface area (TPSA) is 113 Å². The van der Waals surface area contributed by atoms with Gasteiger partial charge in [0.1, 0.15) is 0 Å². The summed E-state index contributed by atoms with van der Waals surface area (Å²) in [4.78, 5) is 23.2. The molecule has 0 saturated carbocycles. The zero-order chi connectivity index (χ0) is 19.2. The van der Waals surface area contributed by atoms with Crippen LogP contribution in [0.3, 0.4) is 0 Å². The molecule has 0 aliphatic carbocycles. The fourth-order valence-corrected chi connectivity index (χ4v) is 3.51. The highest BCUT2D eigenvalue weighted by Crippen LogP contribution is 2.14. The van der Waals surface area contributed by atoms with E-state index in [9.17, 15) is 18.0 Å². The molecule has 1 aromatic rings. The fraction of sp³-hybridized carbons (Fsp3) is 0.500. The lowest BCUT2D eigenvalue weighted by atomic mass is 9.97. The van der Waals surface area contributed by atoms with Crippen molar-refractivity contribution in [3.05, 3.63) is 29.3 Å². The second-order valence-corrected chi connectivity index (χ2v) is 8.36. The van der Waals surface area contributed by atoms with Crippen molar-refractivity contribution < 1.29 is 23.1 Å². The monoisotopic (exact) mass is 390 g/mol. The fourth-order valence-electron chi connectivity index (χ4n) is 2.19. The normalized spacial score (nSPS) is 14.1. The van der Waals surface area contributed by atoms with E-state index in [2.05, 4.69) is 10.0 Å². The Kier molecular flexibility index (Phi) is 7.85. The van der Waals surface area contributed by atoms with Crippen LogP contribution in [-0.2, 0) is 19.6 Å². The number of hydrogen-bond donors (Lipinski definition) is 3. The Morgan fingerprint density at radius 1 is 1.16 bits per heavy atom. The van der Waals surface area contributed by atoms with Gasteiger partial charge in [-0.05, 0) is 43.5 Å². The van der Waals surface area contributed by atoms with E-state index in [-0.39, 0.29) is 17.4 Å². The molecule has 1 rings (SSSR count). The minimum Gasteiger partial charge on any atom is -0.481 e. The predicted molar refractivity (Wildman–Crippen MR) is 94.8 cm³/mol. The molecule has 0 aliphatic rings. The highest BCUT2D eigenvalue weighted by Gasteiger charge is 2.24. The van der Waals surface area contributed by atoms with Crippen molar-refractivity contribution in [3.8, 4) is 0 Å². The number of halogens is 1. The number of benzene rings is 1. The van der Waals surface area contributed by atoms with Crippen molar-refractivity contribution >= 4 is 33.5 Å². The van der Waals surface area contributed by atoms with Gasteiger partial charge in [-0.15, -0.1) is 0 Å². The first-order valence-corrected chi connectivity index (χ1v) is 9.67. The number of carbonyl (C=O) groups is 2. The van der Waals surface area contributed by atoms with Gasteiger partial charge in [0.05, 0.1) is 16.9 Å². The second kappa shape index (κ2) is 9.17. The summed E-state index contributed by atoms with van der Waals surface area (Å²) in [5.41, 5.74) is 0. The number of carboxylic acid groups (broad SMARTS) is 1. The average molecular weight is 391 g/mol. The van der Waals surface area contributed by atoms with Crippen molar-refractivity contribution in [2.24, 2.45) is 11.8 Å². The molecule has 0 fully saturated rings. The quantitative estimate of drug-likeness (QED) is 0.595. The van der Waals surface area contributed by atoms with Crippen molar-refractivity contribution in [1.29, 1.82) is 0 Å². The van der Waals surface area contributed by atoms with Crippen LogP contribution in [0.15, 0.2) is 29.2 Å². The van der Waals surface area contributed by atoms with E-state index in [1.807, 2.05) is 13.8 Å². The summed E-state index contributed by atoms with van der Waals surface area (Å²) < 4.78 is 26.7. The third-order valence-electron chi connectivity index (χ3n) is 3.48. The van der Waals surface area contributed by atoms with Gasteiger partial charge in [0.2, 0.25) is 15.9 Å². The number of carboxylic acids is 1. The zero-order valence-corrected chi connectivity index (χ0v) is 15.9. The summed E-state index contributed by atoms with van der Waals surface area (Å²) in [6.07, 6.45) is 0.417. The van der Waals surface area contributed by atoms with Crippen LogP contribution in [0.1, 0.15) is 27.2 Å². The summed E-state index contributed by atoms with van der Waals surface area (Å²) >= 11 is 5.72. The number of amides is 1. The highest BCUT2D eigenvalue weighted by molar-refractivity contribution is 7.89. The van der Waals surface area contributed by atoms with Gasteiger partial charge in [-0.3, -0.25) is 9.59 Å². The molecule has 2 atom stereocenters. The molecule has 1 amide bonds. The molecule has 0 aromatic heterocycles. The van der Waals surface area contributed by atoms with Gasteiger partial charge in [-0.1, -0.05) is 25.4 Å². The van der Waals surface area contributed by atoms with Crippen molar-refractivity contribution in [3.63, 3.8) is 0 Å². The number of aliphatic carboxylic acids is 1. The van der Waals surface area contributed by atoms with E-state index in [4.69, 9.17) is 16.7 Å². The van der Waals surface area contributed by atoms with Crippen molar-refractivity contribution in [2.75, 3.05) is 6.54 Å². The van der Waals surface area contributed by atoms with Gasteiger partial charge in [-0.25, -0.2) is 8.42 Å². The number of hydrogen-bond acceptors (Lipinski definition) is 4. The first-order chi connectivity index (χ1) is 11.5. The van der Waals surface area contributed by atoms with Crippen LogP contribution in [0, 0.1) is 11.8 Å². The van der Waals surface area contributed by atoms with Gasteiger partial charge < -0.3 is 10.4 Å². The van der Waals surface area contributed by atoms with Crippen LogP contribution in [0.2, 0.25) is 5.02 Å². The molecule has 0 aliphatic heterocycles. The molecule has 0 radical (unpaired) electrons. The molecule has 9 heteroatoms. The Morgan fingerprint density at radius 2 is 1.72 bits per heavy atom. The Bertz CT molecular complexity index is 704. The van der Waals surface area contributed by atoms with Gasteiger partial charge >= 0.3 is 5.97 Å². The summed E-state index contributed by atoms with van der Waals surface area (Å²) in [5, 5.41) is 12.0. The third-order valence-corrected chi connectivity index (χ3v) is 5.29. The van der Waals surface area contributed by atoms with Crippen molar-refractivity contribution in [2.45, 2.75) is 38.1 Å². The lowest BCUT2D eigenvalue weighted by Crippen LogP contribution is -2.46. The van der Waals surface area contributed by atoms with Gasteiger partial charge in [0, 0.05) is 11.6 Å². The number of rotatable bonds is 9. The van der Waals surface area contributed by atoms with Crippen LogP contribution in [-0.4, -0.2) is 38.0 Å². The lowest BCUT2D eigenvalue weighted by molar-refractivity contribution is -0.142. The SMILES string of the molecule is CC(C)CC(CNC(=O)C(C)NS(=O)(=O)c1ccc(Cl)cc1)C(=O)O. The van der Waals surface area contributed by atoms with Crippen LogP contribution >= 0.6 is 11.6 Å². The number of sulfonamides is 1. The maximum atomic E-state index is 12.2. The Labute approximate surface area is 152 Å². The summed E-state index contributed by atoms with van der Waals surface area (Å²) in [6, 6.07) is 4.49. The van der Waals surface area contributed by atoms with E-state index in [0.717, 1.165) is 0 Å². The number of carbonyl (C=O) groups excluding carboxylic acids is 1. The van der Waals surface area contributed by atoms with Gasteiger partial charge in [0.25, 0.3) is 0 Å². The largest absolute Gasteiger partial charge is 0.481 e. The molecule has 25 heavy (non-hydrogen) atoms. The first-order valence-electron chi connectivity index (χ1n) is 7.81.